The van der Waals surface area contributed by atoms with Gasteiger partial charge in [-0.1, -0.05) is 18.2 Å². The maximum Gasteiger partial charge on any atom is 0.408 e. The number of carbonyl (C=O) groups excluding carboxylic acids is 3. The van der Waals surface area contributed by atoms with E-state index in [0.717, 1.165) is 10.9 Å². The number of aromatic nitrogens is 1. The van der Waals surface area contributed by atoms with E-state index in [1.54, 1.807) is 27.0 Å². The average molecular weight is 478 g/mol. The number of hydrogen-bond donors (Lipinski definition) is 7. The molecule has 0 bridgehead atoms. The van der Waals surface area contributed by atoms with Crippen LogP contribution in [-0.4, -0.2) is 63.1 Å². The smallest absolute Gasteiger partial charge is 0.408 e. The SMILES string of the molecule is CC(C)(C)OC(=O)N[C@@H](Cc1c[nH]c2ccccc12)C(=O)NC(O)(CCCNC(N)=O)C(=O)O. The number of aromatic amines is 1. The molecule has 1 unspecified atom stereocenters. The monoisotopic (exact) mass is 477 g/mol. The van der Waals surface area contributed by atoms with Gasteiger partial charge in [-0.2, -0.15) is 0 Å². The highest BCUT2D eigenvalue weighted by Crippen LogP contribution is 2.20. The fourth-order valence-electron chi connectivity index (χ4n) is 3.25. The van der Waals surface area contributed by atoms with Gasteiger partial charge in [-0.05, 0) is 38.8 Å². The van der Waals surface area contributed by atoms with E-state index in [1.807, 2.05) is 24.3 Å². The van der Waals surface area contributed by atoms with Gasteiger partial charge in [0.25, 0.3) is 0 Å². The Balaban J connectivity index is 2.23. The summed E-state index contributed by atoms with van der Waals surface area (Å²) in [5.74, 6) is -2.62. The van der Waals surface area contributed by atoms with Crippen molar-refractivity contribution in [3.05, 3.63) is 36.0 Å². The zero-order valence-corrected chi connectivity index (χ0v) is 19.3. The van der Waals surface area contributed by atoms with Crippen LogP contribution in [0, 0.1) is 0 Å². The summed E-state index contributed by atoms with van der Waals surface area (Å²) < 4.78 is 5.24. The molecular formula is C22H31N5O7. The number of para-hydroxylation sites is 1. The predicted octanol–water partition coefficient (Wildman–Crippen LogP) is 0.942. The zero-order chi connectivity index (χ0) is 25.5. The third-order valence-corrected chi connectivity index (χ3v) is 4.80. The fourth-order valence-corrected chi connectivity index (χ4v) is 3.25. The van der Waals surface area contributed by atoms with Crippen LogP contribution >= 0.6 is 0 Å². The Morgan fingerprint density at radius 2 is 1.85 bits per heavy atom. The van der Waals surface area contributed by atoms with Crippen molar-refractivity contribution in [3.8, 4) is 0 Å². The van der Waals surface area contributed by atoms with Gasteiger partial charge in [0.2, 0.25) is 11.6 Å². The number of rotatable bonds is 10. The quantitative estimate of drug-likeness (QED) is 0.195. The molecule has 1 aromatic carbocycles. The molecule has 8 N–H and O–H groups in total. The van der Waals surface area contributed by atoms with Crippen molar-refractivity contribution >= 4 is 34.9 Å². The van der Waals surface area contributed by atoms with Gasteiger partial charge in [-0.25, -0.2) is 14.4 Å². The summed E-state index contributed by atoms with van der Waals surface area (Å²) in [5, 5.41) is 27.7. The summed E-state index contributed by atoms with van der Waals surface area (Å²) in [7, 11) is 0. The lowest BCUT2D eigenvalue weighted by Gasteiger charge is -2.28. The number of aliphatic hydroxyl groups is 1. The number of carboxylic acid groups (broad SMARTS) is 1. The lowest BCUT2D eigenvalue weighted by Crippen LogP contribution is -2.60. The number of nitrogens with two attached hydrogens (primary N) is 1. The van der Waals surface area contributed by atoms with Crippen LogP contribution in [-0.2, 0) is 20.7 Å². The second-order valence-electron chi connectivity index (χ2n) is 8.81. The number of hydrogen-bond acceptors (Lipinski definition) is 6. The molecule has 0 aliphatic heterocycles. The zero-order valence-electron chi connectivity index (χ0n) is 19.3. The summed E-state index contributed by atoms with van der Waals surface area (Å²) in [5.41, 5.74) is 3.01. The van der Waals surface area contributed by atoms with Gasteiger partial charge in [-0.3, -0.25) is 4.79 Å². The molecule has 0 aliphatic carbocycles. The van der Waals surface area contributed by atoms with Gasteiger partial charge in [-0.15, -0.1) is 0 Å². The second kappa shape index (κ2) is 10.9. The fraction of sp³-hybridized carbons (Fsp3) is 0.455. The van der Waals surface area contributed by atoms with Crippen LogP contribution in [0.15, 0.2) is 30.5 Å². The Kier molecular flexibility index (Phi) is 8.46. The summed E-state index contributed by atoms with van der Waals surface area (Å²) >= 11 is 0. The first-order valence-electron chi connectivity index (χ1n) is 10.7. The molecule has 1 aromatic heterocycles. The van der Waals surface area contributed by atoms with E-state index in [9.17, 15) is 29.4 Å². The van der Waals surface area contributed by atoms with Crippen molar-refractivity contribution in [3.63, 3.8) is 0 Å². The van der Waals surface area contributed by atoms with Gasteiger partial charge in [0.15, 0.2) is 0 Å². The molecule has 0 saturated heterocycles. The summed E-state index contributed by atoms with van der Waals surface area (Å²) in [6.45, 7) is 4.97. The number of H-pyrrole nitrogens is 1. The van der Waals surface area contributed by atoms with Gasteiger partial charge >= 0.3 is 18.1 Å². The Hall–Kier alpha value is -3.80. The van der Waals surface area contributed by atoms with E-state index in [1.165, 1.54) is 0 Å². The maximum atomic E-state index is 13.1. The molecule has 4 amide bonds. The van der Waals surface area contributed by atoms with Gasteiger partial charge in [0.1, 0.15) is 11.6 Å². The molecule has 0 fully saturated rings. The standard InChI is InChI=1S/C22H31N5O7/c1-21(2,3)34-20(32)26-16(11-13-12-25-15-8-5-4-7-14(13)15)17(28)27-22(33,18(29)30)9-6-10-24-19(23)31/h4-5,7-8,12,16,25,33H,6,9-11H2,1-3H3,(H,26,32)(H,27,28)(H,29,30)(H3,23,24,31)/t16-,22?/m0/s1. The molecule has 186 valence electrons. The van der Waals surface area contributed by atoms with Crippen molar-refractivity contribution in [2.45, 2.75) is 57.4 Å². The molecule has 0 radical (unpaired) electrons. The third-order valence-electron chi connectivity index (χ3n) is 4.80. The highest BCUT2D eigenvalue weighted by atomic mass is 16.6. The molecule has 2 rings (SSSR count). The highest BCUT2D eigenvalue weighted by Gasteiger charge is 2.39. The Morgan fingerprint density at radius 3 is 2.47 bits per heavy atom. The number of aliphatic carboxylic acids is 1. The number of primary amides is 1. The Morgan fingerprint density at radius 1 is 1.18 bits per heavy atom. The van der Waals surface area contributed by atoms with E-state index >= 15 is 0 Å². The number of fused-ring (bicyclic) bond motifs is 1. The molecule has 12 nitrogen and oxygen atoms in total. The van der Waals surface area contributed by atoms with E-state index in [2.05, 4.69) is 20.9 Å². The normalized spacial score (nSPS) is 14.0. The first kappa shape index (κ1) is 26.5. The van der Waals surface area contributed by atoms with Gasteiger partial charge in [0.05, 0.1) is 0 Å². The topological polar surface area (TPSA) is 196 Å². The number of nitrogens with one attached hydrogen (secondary N) is 4. The van der Waals surface area contributed by atoms with E-state index in [0.29, 0.717) is 5.56 Å². The van der Waals surface area contributed by atoms with Gasteiger partial charge < -0.3 is 41.6 Å². The highest BCUT2D eigenvalue weighted by molar-refractivity contribution is 5.91. The minimum Gasteiger partial charge on any atom is -0.478 e. The molecule has 2 atom stereocenters. The number of carboxylic acids is 1. The summed E-state index contributed by atoms with van der Waals surface area (Å²) in [4.78, 5) is 51.0. The Labute approximate surface area is 196 Å². The van der Waals surface area contributed by atoms with Crippen molar-refractivity contribution in [2.75, 3.05) is 6.54 Å². The van der Waals surface area contributed by atoms with Crippen LogP contribution in [0.25, 0.3) is 10.9 Å². The second-order valence-corrected chi connectivity index (χ2v) is 8.81. The third kappa shape index (κ3) is 7.66. The first-order chi connectivity index (χ1) is 15.8. The number of alkyl carbamates (subject to hydrolysis) is 1. The van der Waals surface area contributed by atoms with Crippen LogP contribution in [0.4, 0.5) is 9.59 Å². The molecule has 2 aromatic rings. The number of benzene rings is 1. The molecule has 0 saturated carbocycles. The van der Waals surface area contributed by atoms with Crippen molar-refractivity contribution in [2.24, 2.45) is 5.73 Å². The summed E-state index contributed by atoms with van der Waals surface area (Å²) in [6.07, 6.45) is 0.394. The molecule has 34 heavy (non-hydrogen) atoms. The first-order valence-corrected chi connectivity index (χ1v) is 10.7. The molecule has 0 spiro atoms. The van der Waals surface area contributed by atoms with E-state index < -0.39 is 47.8 Å². The van der Waals surface area contributed by atoms with Gasteiger partial charge in [0, 0.05) is 36.5 Å². The minimum absolute atomic E-state index is 0.00425. The number of urea groups is 1. The van der Waals surface area contributed by atoms with Crippen LogP contribution in [0.2, 0.25) is 0 Å². The van der Waals surface area contributed by atoms with Crippen LogP contribution in [0.5, 0.6) is 0 Å². The van der Waals surface area contributed by atoms with E-state index in [4.69, 9.17) is 10.5 Å². The van der Waals surface area contributed by atoms with Crippen LogP contribution in [0.1, 0.15) is 39.2 Å². The van der Waals surface area contributed by atoms with Crippen molar-refractivity contribution < 1.29 is 34.1 Å². The maximum absolute atomic E-state index is 13.1. The largest absolute Gasteiger partial charge is 0.478 e. The molecule has 0 aliphatic rings. The number of carbonyl (C=O) groups is 4. The number of ether oxygens (including phenoxy) is 1. The van der Waals surface area contributed by atoms with Crippen molar-refractivity contribution in [1.82, 2.24) is 20.9 Å². The minimum atomic E-state index is -2.63. The molecule has 1 heterocycles. The molecule has 12 heteroatoms. The Bertz CT molecular complexity index is 1050. The van der Waals surface area contributed by atoms with E-state index in [-0.39, 0.29) is 19.4 Å². The lowest BCUT2D eigenvalue weighted by molar-refractivity contribution is -0.166. The number of amides is 4. The van der Waals surface area contributed by atoms with Crippen LogP contribution in [0.3, 0.4) is 0 Å². The molecular weight excluding hydrogens is 446 g/mol. The van der Waals surface area contributed by atoms with Crippen LogP contribution < -0.4 is 21.7 Å². The average Bonchev–Trinajstić information content (AvgIpc) is 3.12. The lowest BCUT2D eigenvalue weighted by atomic mass is 10.0. The summed E-state index contributed by atoms with van der Waals surface area (Å²) in [6, 6.07) is 5.28. The van der Waals surface area contributed by atoms with Crippen molar-refractivity contribution in [1.29, 1.82) is 0 Å². The predicted molar refractivity (Wildman–Crippen MR) is 123 cm³/mol.